The van der Waals surface area contributed by atoms with Crippen LogP contribution in [0.4, 0.5) is 4.79 Å². The number of hydrogen-bond donors (Lipinski definition) is 2. The summed E-state index contributed by atoms with van der Waals surface area (Å²) in [7, 11) is 0. The zero-order chi connectivity index (χ0) is 8.97. The Bertz CT molecular complexity index is 165. The summed E-state index contributed by atoms with van der Waals surface area (Å²) in [5.74, 6) is 0. The molecule has 0 radical (unpaired) electrons. The second-order valence-corrected chi connectivity index (χ2v) is 3.75. The molecule has 0 aromatic heterocycles. The normalized spacial score (nSPS) is 17.4. The molecule has 0 atom stereocenters. The topological polar surface area (TPSA) is 32.8 Å². The first kappa shape index (κ1) is 14.6. The van der Waals surface area contributed by atoms with Crippen LogP contribution in [0.15, 0.2) is 0 Å². The maximum atomic E-state index is 10.9. The van der Waals surface area contributed by atoms with Gasteiger partial charge in [0.25, 0.3) is 0 Å². The molecule has 0 unspecified atom stereocenters. The molecule has 0 saturated carbocycles. The third-order valence-electron chi connectivity index (χ3n) is 1.69. The third-order valence-corrected chi connectivity index (χ3v) is 2.01. The Morgan fingerprint density at radius 2 is 1.77 bits per heavy atom. The molecule has 0 N–H and O–H groups in total. The van der Waals surface area contributed by atoms with Crippen molar-refractivity contribution in [2.75, 3.05) is 13.1 Å². The standard InChI is InChI=1S/C6H12N2O2S2.K.H/c9-6(8(11)12)10-7-4-2-1-3-5-7;;/h11-12H,1-5H2;;. The maximum absolute atomic E-state index is 10.9. The number of piperidine rings is 1. The molecular weight excluding hydrogens is 235 g/mol. The first-order chi connectivity index (χ1) is 5.70. The van der Waals surface area contributed by atoms with Gasteiger partial charge in [0.15, 0.2) is 0 Å². The molecule has 0 aliphatic carbocycles. The molecule has 0 aromatic carbocycles. The fraction of sp³-hybridized carbons (Fsp3) is 0.833. The minimum absolute atomic E-state index is 0. The van der Waals surface area contributed by atoms with E-state index < -0.39 is 6.09 Å². The first-order valence-corrected chi connectivity index (χ1v) is 4.65. The number of carbonyl (C=O) groups is 1. The van der Waals surface area contributed by atoms with E-state index in [-0.39, 0.29) is 51.4 Å². The van der Waals surface area contributed by atoms with Gasteiger partial charge in [-0.05, 0) is 38.5 Å². The molecule has 13 heavy (non-hydrogen) atoms. The van der Waals surface area contributed by atoms with Crippen LogP contribution in [-0.4, -0.2) is 79.3 Å². The number of thiol groups is 2. The van der Waals surface area contributed by atoms with Gasteiger partial charge in [-0.15, -0.1) is 5.06 Å². The average Bonchev–Trinajstić information content (AvgIpc) is 2.06. The van der Waals surface area contributed by atoms with Gasteiger partial charge in [-0.3, -0.25) is 0 Å². The van der Waals surface area contributed by atoms with Crippen molar-refractivity contribution in [2.45, 2.75) is 19.3 Å². The van der Waals surface area contributed by atoms with Crippen LogP contribution in [0.5, 0.6) is 0 Å². The van der Waals surface area contributed by atoms with Gasteiger partial charge < -0.3 is 4.84 Å². The number of hydrogen-bond acceptors (Lipinski definition) is 5. The van der Waals surface area contributed by atoms with Gasteiger partial charge in [0, 0.05) is 13.1 Å². The summed E-state index contributed by atoms with van der Waals surface area (Å²) in [5.41, 5.74) is 0. The molecule has 1 saturated heterocycles. The van der Waals surface area contributed by atoms with Crippen LogP contribution in [-0.2, 0) is 4.84 Å². The molecule has 7 heteroatoms. The minimum atomic E-state index is -0.552. The van der Waals surface area contributed by atoms with Gasteiger partial charge in [0.05, 0.1) is 0 Å². The second kappa shape index (κ2) is 7.81. The van der Waals surface area contributed by atoms with Crippen molar-refractivity contribution < 1.29 is 9.63 Å². The Morgan fingerprint density at radius 3 is 2.23 bits per heavy atom. The summed E-state index contributed by atoms with van der Waals surface area (Å²) in [4.78, 5) is 15.8. The van der Waals surface area contributed by atoms with E-state index in [4.69, 9.17) is 4.84 Å². The summed E-state index contributed by atoms with van der Waals surface area (Å²) in [5, 5.41) is 1.64. The van der Waals surface area contributed by atoms with Crippen molar-refractivity contribution in [1.82, 2.24) is 8.77 Å². The predicted octanol–water partition coefficient (Wildman–Crippen LogP) is 0.867. The van der Waals surface area contributed by atoms with Gasteiger partial charge in [0.2, 0.25) is 0 Å². The summed E-state index contributed by atoms with van der Waals surface area (Å²) in [6.07, 6.45) is 2.81. The van der Waals surface area contributed by atoms with E-state index in [1.807, 2.05) is 0 Å². The Labute approximate surface area is 132 Å². The molecule has 1 heterocycles. The van der Waals surface area contributed by atoms with Crippen molar-refractivity contribution in [2.24, 2.45) is 0 Å². The van der Waals surface area contributed by atoms with E-state index >= 15 is 0 Å². The fourth-order valence-corrected chi connectivity index (χ4v) is 1.18. The zero-order valence-corrected chi connectivity index (χ0v) is 8.43. The van der Waals surface area contributed by atoms with E-state index in [0.717, 1.165) is 29.6 Å². The van der Waals surface area contributed by atoms with E-state index in [2.05, 4.69) is 25.6 Å². The Balaban J connectivity index is 0.00000144. The molecule has 0 aromatic rings. The van der Waals surface area contributed by atoms with Gasteiger partial charge in [-0.1, -0.05) is 6.42 Å². The van der Waals surface area contributed by atoms with E-state index in [0.29, 0.717) is 0 Å². The molecule has 72 valence electrons. The van der Waals surface area contributed by atoms with Gasteiger partial charge in [-0.2, -0.15) is 3.71 Å². The molecule has 1 aliphatic heterocycles. The molecule has 1 rings (SSSR count). The van der Waals surface area contributed by atoms with Gasteiger partial charge in [0.1, 0.15) is 0 Å². The van der Waals surface area contributed by atoms with Crippen LogP contribution >= 0.6 is 25.6 Å². The Morgan fingerprint density at radius 1 is 1.23 bits per heavy atom. The molecule has 0 bridgehead atoms. The van der Waals surface area contributed by atoms with Gasteiger partial charge in [-0.25, -0.2) is 4.79 Å². The van der Waals surface area contributed by atoms with Crippen LogP contribution in [0.1, 0.15) is 19.3 Å². The number of carbonyl (C=O) groups excluding carboxylic acids is 1. The molecule has 4 nitrogen and oxygen atoms in total. The number of nitrogens with zero attached hydrogens (tertiary/aromatic N) is 2. The van der Waals surface area contributed by atoms with Crippen LogP contribution in [0, 0.1) is 0 Å². The first-order valence-electron chi connectivity index (χ1n) is 3.85. The van der Waals surface area contributed by atoms with Crippen LogP contribution in [0.25, 0.3) is 0 Å². The Kier molecular flexibility index (Phi) is 8.75. The van der Waals surface area contributed by atoms with Crippen LogP contribution in [0.2, 0.25) is 0 Å². The molecular formula is C6H13KN2O2S2. The summed E-state index contributed by atoms with van der Waals surface area (Å²) in [6, 6.07) is 0. The van der Waals surface area contributed by atoms with Crippen molar-refractivity contribution in [3.8, 4) is 0 Å². The van der Waals surface area contributed by atoms with Crippen molar-refractivity contribution >= 4 is 83.1 Å². The van der Waals surface area contributed by atoms with Crippen molar-refractivity contribution in [3.63, 3.8) is 0 Å². The van der Waals surface area contributed by atoms with Crippen LogP contribution < -0.4 is 0 Å². The summed E-state index contributed by atoms with van der Waals surface area (Å²) < 4.78 is 0.828. The number of hydroxylamine groups is 2. The SMILES string of the molecule is O=C(ON1CCCCC1)N(S)S.[KH]. The molecule has 0 spiro atoms. The predicted molar refractivity (Wildman–Crippen MR) is 58.9 cm³/mol. The van der Waals surface area contributed by atoms with E-state index in [1.54, 1.807) is 5.06 Å². The molecule has 1 fully saturated rings. The number of rotatable bonds is 1. The molecule has 1 amide bonds. The second-order valence-electron chi connectivity index (χ2n) is 2.64. The van der Waals surface area contributed by atoms with Crippen molar-refractivity contribution in [1.29, 1.82) is 0 Å². The van der Waals surface area contributed by atoms with E-state index in [1.165, 1.54) is 6.42 Å². The Hall–Kier alpha value is 1.57. The van der Waals surface area contributed by atoms with Crippen LogP contribution in [0.3, 0.4) is 0 Å². The van der Waals surface area contributed by atoms with Gasteiger partial charge >= 0.3 is 57.5 Å². The quantitative estimate of drug-likeness (QED) is 0.533. The summed E-state index contributed by atoms with van der Waals surface area (Å²) in [6.45, 7) is 1.61. The fourth-order valence-electron chi connectivity index (χ4n) is 1.10. The third kappa shape index (κ3) is 5.88. The van der Waals surface area contributed by atoms with Crippen molar-refractivity contribution in [3.05, 3.63) is 0 Å². The monoisotopic (exact) mass is 248 g/mol. The molecule has 1 aliphatic rings. The van der Waals surface area contributed by atoms with E-state index in [9.17, 15) is 4.79 Å². The summed E-state index contributed by atoms with van der Waals surface area (Å²) >= 11 is 7.38. The average molecular weight is 248 g/mol. The number of amides is 1. The zero-order valence-electron chi connectivity index (χ0n) is 6.64.